The Balaban J connectivity index is 2.41. The number of halogens is 1. The number of hydrogen-bond acceptors (Lipinski definition) is 5. The van der Waals surface area contributed by atoms with Gasteiger partial charge in [0, 0.05) is 0 Å². The maximum absolute atomic E-state index is 13.2. The van der Waals surface area contributed by atoms with Crippen LogP contribution in [-0.4, -0.2) is 34.1 Å². The largest absolute Gasteiger partial charge is 0.494 e. The van der Waals surface area contributed by atoms with Gasteiger partial charge in [0.15, 0.2) is 0 Å². The highest BCUT2D eigenvalue weighted by Gasteiger charge is 2.27. The van der Waals surface area contributed by atoms with Crippen molar-refractivity contribution in [3.63, 3.8) is 0 Å². The van der Waals surface area contributed by atoms with Gasteiger partial charge < -0.3 is 9.47 Å². The van der Waals surface area contributed by atoms with Crippen LogP contribution in [0.4, 0.5) is 10.1 Å². The Morgan fingerprint density at radius 1 is 1.00 bits per heavy atom. The van der Waals surface area contributed by atoms with Crippen molar-refractivity contribution in [1.82, 2.24) is 0 Å². The molecule has 0 aromatic heterocycles. The van der Waals surface area contributed by atoms with E-state index >= 15 is 0 Å². The van der Waals surface area contributed by atoms with Gasteiger partial charge in [0.05, 0.1) is 23.8 Å². The molecule has 0 saturated carbocycles. The molecule has 0 N–H and O–H groups in total. The lowest BCUT2D eigenvalue weighted by Crippen LogP contribution is -2.36. The van der Waals surface area contributed by atoms with Crippen LogP contribution in [0.5, 0.6) is 5.75 Å². The summed E-state index contributed by atoms with van der Waals surface area (Å²) in [5.41, 5.74) is 0.160. The predicted molar refractivity (Wildman–Crippen MR) is 95.2 cm³/mol. The normalized spacial score (nSPS) is 11.0. The summed E-state index contributed by atoms with van der Waals surface area (Å²) in [6, 6.07) is 10.7. The van der Waals surface area contributed by atoms with Crippen molar-refractivity contribution in [3.8, 4) is 5.75 Å². The lowest BCUT2D eigenvalue weighted by molar-refractivity contribution is -0.141. The van der Waals surface area contributed by atoms with Crippen LogP contribution in [0.15, 0.2) is 53.4 Å². The number of ether oxygens (including phenoxy) is 2. The lowest BCUT2D eigenvalue weighted by Gasteiger charge is -2.23. The molecule has 0 aliphatic rings. The van der Waals surface area contributed by atoms with E-state index in [-0.39, 0.29) is 17.2 Å². The molecule has 0 fully saturated rings. The first-order valence-corrected chi connectivity index (χ1v) is 9.49. The van der Waals surface area contributed by atoms with Crippen LogP contribution in [0.1, 0.15) is 13.8 Å². The van der Waals surface area contributed by atoms with Gasteiger partial charge in [0.1, 0.15) is 18.1 Å². The molecule has 0 unspecified atom stereocenters. The molecule has 2 aromatic rings. The molecule has 0 heterocycles. The summed E-state index contributed by atoms with van der Waals surface area (Å²) in [5, 5.41) is 0. The van der Waals surface area contributed by atoms with E-state index in [0.717, 1.165) is 16.4 Å². The molecule has 6 nitrogen and oxygen atoms in total. The van der Waals surface area contributed by atoms with E-state index in [1.54, 1.807) is 6.92 Å². The zero-order valence-corrected chi connectivity index (χ0v) is 15.3. The van der Waals surface area contributed by atoms with Gasteiger partial charge in [0.2, 0.25) is 0 Å². The Labute approximate surface area is 152 Å². The van der Waals surface area contributed by atoms with Crippen LogP contribution in [0, 0.1) is 5.82 Å². The number of esters is 1. The number of carbonyl (C=O) groups excluding carboxylic acids is 1. The maximum Gasteiger partial charge on any atom is 0.326 e. The number of nitrogens with zero attached hydrogens (tertiary/aromatic N) is 1. The highest BCUT2D eigenvalue weighted by molar-refractivity contribution is 7.92. The molecule has 0 radical (unpaired) electrons. The third-order valence-electron chi connectivity index (χ3n) is 3.42. The van der Waals surface area contributed by atoms with Crippen LogP contribution in [0.3, 0.4) is 0 Å². The molecule has 8 heteroatoms. The van der Waals surface area contributed by atoms with Crippen molar-refractivity contribution >= 4 is 21.7 Å². The van der Waals surface area contributed by atoms with Crippen molar-refractivity contribution in [1.29, 1.82) is 0 Å². The minimum Gasteiger partial charge on any atom is -0.494 e. The smallest absolute Gasteiger partial charge is 0.326 e. The summed E-state index contributed by atoms with van der Waals surface area (Å²) < 4.78 is 50.3. The summed E-state index contributed by atoms with van der Waals surface area (Å²) >= 11 is 0. The Bertz CT molecular complexity index is 835. The average molecular weight is 381 g/mol. The van der Waals surface area contributed by atoms with E-state index in [1.807, 2.05) is 6.92 Å². The fraction of sp³-hybridized carbons (Fsp3) is 0.278. The van der Waals surface area contributed by atoms with Gasteiger partial charge in [-0.25, -0.2) is 12.8 Å². The van der Waals surface area contributed by atoms with Crippen molar-refractivity contribution in [3.05, 3.63) is 54.3 Å². The van der Waals surface area contributed by atoms with Crippen molar-refractivity contribution in [2.45, 2.75) is 18.7 Å². The van der Waals surface area contributed by atoms with Crippen LogP contribution >= 0.6 is 0 Å². The first-order chi connectivity index (χ1) is 12.4. The van der Waals surface area contributed by atoms with E-state index in [4.69, 9.17) is 9.47 Å². The number of anilines is 1. The number of sulfonamides is 1. The van der Waals surface area contributed by atoms with Gasteiger partial charge in [0.25, 0.3) is 10.0 Å². The average Bonchev–Trinajstić information content (AvgIpc) is 2.61. The molecule has 0 aliphatic carbocycles. The molecule has 2 aromatic carbocycles. The number of benzene rings is 2. The molecule has 0 spiro atoms. The van der Waals surface area contributed by atoms with Crippen molar-refractivity contribution in [2.75, 3.05) is 24.1 Å². The van der Waals surface area contributed by atoms with Crippen LogP contribution < -0.4 is 9.04 Å². The molecule has 26 heavy (non-hydrogen) atoms. The second kappa shape index (κ2) is 8.66. The molecule has 0 amide bonds. The molecule has 140 valence electrons. The first-order valence-electron chi connectivity index (χ1n) is 8.05. The van der Waals surface area contributed by atoms with Crippen LogP contribution in [0.2, 0.25) is 0 Å². The molecule has 0 bridgehead atoms. The number of rotatable bonds is 8. The van der Waals surface area contributed by atoms with E-state index < -0.39 is 28.4 Å². The molecule has 2 rings (SSSR count). The van der Waals surface area contributed by atoms with Gasteiger partial charge >= 0.3 is 5.97 Å². The van der Waals surface area contributed by atoms with E-state index in [1.165, 1.54) is 36.4 Å². The Hall–Kier alpha value is -2.61. The zero-order chi connectivity index (χ0) is 19.2. The minimum absolute atomic E-state index is 0.0189. The predicted octanol–water partition coefficient (Wildman–Crippen LogP) is 2.98. The quantitative estimate of drug-likeness (QED) is 0.658. The second-order valence-corrected chi connectivity index (χ2v) is 7.06. The van der Waals surface area contributed by atoms with Crippen LogP contribution in [0.25, 0.3) is 0 Å². The molecular weight excluding hydrogens is 361 g/mol. The topological polar surface area (TPSA) is 72.9 Å². The van der Waals surface area contributed by atoms with Gasteiger partial charge in [-0.1, -0.05) is 0 Å². The first kappa shape index (κ1) is 19.7. The van der Waals surface area contributed by atoms with Gasteiger partial charge in [-0.05, 0) is 62.4 Å². The van der Waals surface area contributed by atoms with E-state index in [0.29, 0.717) is 12.4 Å². The van der Waals surface area contributed by atoms with Crippen LogP contribution in [-0.2, 0) is 19.6 Å². The Kier molecular flexibility index (Phi) is 6.57. The maximum atomic E-state index is 13.2. The molecular formula is C18H20FNO5S. The highest BCUT2D eigenvalue weighted by atomic mass is 32.2. The standard InChI is InChI=1S/C18H20FNO5S/c1-3-24-16-9-11-17(12-10-16)26(22,23)20(13-18(21)25-4-2)15-7-5-14(19)6-8-15/h5-12H,3-4,13H2,1-2H3. The highest BCUT2D eigenvalue weighted by Crippen LogP contribution is 2.25. The fourth-order valence-electron chi connectivity index (χ4n) is 2.25. The van der Waals surface area contributed by atoms with Gasteiger partial charge in [-0.15, -0.1) is 0 Å². The Morgan fingerprint density at radius 2 is 1.62 bits per heavy atom. The zero-order valence-electron chi connectivity index (χ0n) is 14.5. The lowest BCUT2D eigenvalue weighted by atomic mass is 10.3. The number of carbonyl (C=O) groups is 1. The Morgan fingerprint density at radius 3 is 2.15 bits per heavy atom. The molecule has 0 aliphatic heterocycles. The van der Waals surface area contributed by atoms with Crippen molar-refractivity contribution in [2.24, 2.45) is 0 Å². The summed E-state index contributed by atoms with van der Waals surface area (Å²) in [4.78, 5) is 11.9. The third kappa shape index (κ3) is 4.72. The summed E-state index contributed by atoms with van der Waals surface area (Å²) in [6.07, 6.45) is 0. The van der Waals surface area contributed by atoms with E-state index in [9.17, 15) is 17.6 Å². The second-order valence-electron chi connectivity index (χ2n) is 5.20. The summed E-state index contributed by atoms with van der Waals surface area (Å²) in [6.45, 7) is 3.51. The summed E-state index contributed by atoms with van der Waals surface area (Å²) in [7, 11) is -4.06. The monoisotopic (exact) mass is 381 g/mol. The SMILES string of the molecule is CCOC(=O)CN(c1ccc(F)cc1)S(=O)(=O)c1ccc(OCC)cc1. The molecule has 0 saturated heterocycles. The molecule has 0 atom stereocenters. The van der Waals surface area contributed by atoms with Crippen molar-refractivity contribution < 1.29 is 27.1 Å². The minimum atomic E-state index is -4.06. The summed E-state index contributed by atoms with van der Waals surface area (Å²) in [5.74, 6) is -0.681. The third-order valence-corrected chi connectivity index (χ3v) is 5.20. The van der Waals surface area contributed by atoms with Gasteiger partial charge in [-0.3, -0.25) is 9.10 Å². The van der Waals surface area contributed by atoms with E-state index in [2.05, 4.69) is 0 Å². The van der Waals surface area contributed by atoms with Gasteiger partial charge in [-0.2, -0.15) is 0 Å². The number of hydrogen-bond donors (Lipinski definition) is 0. The fourth-order valence-corrected chi connectivity index (χ4v) is 3.66.